The van der Waals surface area contributed by atoms with Crippen molar-refractivity contribution < 1.29 is 38.7 Å². The Balaban J connectivity index is 1.54. The van der Waals surface area contributed by atoms with E-state index >= 15 is 0 Å². The smallest absolute Gasteiger partial charge is 0.309 e. The van der Waals surface area contributed by atoms with Gasteiger partial charge in [0.25, 0.3) is 0 Å². The van der Waals surface area contributed by atoms with Gasteiger partial charge in [-0.1, -0.05) is 0 Å². The molecule has 2 spiro atoms. The van der Waals surface area contributed by atoms with Crippen molar-refractivity contribution in [1.29, 1.82) is 0 Å². The fraction of sp³-hybridized carbons (Fsp3) is 0.938. The summed E-state index contributed by atoms with van der Waals surface area (Å²) in [7, 11) is 4.25. The quantitative estimate of drug-likeness (QED) is 0.381. The summed E-state index contributed by atoms with van der Waals surface area (Å²) in [6.45, 7) is 18.1. The zero-order valence-electron chi connectivity index (χ0n) is 27.7. The van der Waals surface area contributed by atoms with Gasteiger partial charge in [-0.15, -0.1) is 0 Å². The molecule has 0 aromatic carbocycles. The van der Waals surface area contributed by atoms with Crippen molar-refractivity contribution in [3.05, 3.63) is 0 Å². The summed E-state index contributed by atoms with van der Waals surface area (Å²) in [4.78, 5) is 29.3. The molecule has 4 rings (SSSR count). The lowest BCUT2D eigenvalue weighted by Crippen LogP contribution is -2.64. The summed E-state index contributed by atoms with van der Waals surface area (Å²) in [5.41, 5.74) is -1.90. The zero-order chi connectivity index (χ0) is 31.6. The Morgan fingerprint density at radius 1 is 0.714 bits per heavy atom. The maximum absolute atomic E-state index is 13.2. The fourth-order valence-corrected chi connectivity index (χ4v) is 8.70. The van der Waals surface area contributed by atoms with Gasteiger partial charge < -0.3 is 29.2 Å². The van der Waals surface area contributed by atoms with E-state index in [4.69, 9.17) is 18.9 Å². The van der Waals surface area contributed by atoms with Crippen molar-refractivity contribution in [2.24, 2.45) is 5.41 Å². The van der Waals surface area contributed by atoms with E-state index in [-0.39, 0.29) is 54.3 Å². The minimum absolute atomic E-state index is 0.0869. The minimum Gasteiger partial charge on any atom is -0.481 e. The molecule has 0 aromatic heterocycles. The Morgan fingerprint density at radius 2 is 1.07 bits per heavy atom. The maximum atomic E-state index is 13.2. The number of ether oxygens (including phenoxy) is 4. The predicted octanol–water partition coefficient (Wildman–Crippen LogP) is 4.88. The number of carboxylic acid groups (broad SMARTS) is 2. The normalized spacial score (nSPS) is 32.6. The van der Waals surface area contributed by atoms with Crippen molar-refractivity contribution in [3.63, 3.8) is 0 Å². The number of carbonyl (C=O) groups is 2. The van der Waals surface area contributed by atoms with Gasteiger partial charge in [-0.25, -0.2) is 0 Å². The minimum atomic E-state index is -1.23. The molecule has 0 radical (unpaired) electrons. The first-order chi connectivity index (χ1) is 19.1. The fourth-order valence-electron chi connectivity index (χ4n) is 8.70. The summed E-state index contributed by atoms with van der Waals surface area (Å²) in [5, 5.41) is 20.1. The second-order valence-electron chi connectivity index (χ2n) is 16.2. The van der Waals surface area contributed by atoms with Crippen molar-refractivity contribution in [2.75, 3.05) is 27.3 Å². The van der Waals surface area contributed by atoms with Gasteiger partial charge in [0, 0.05) is 54.3 Å². The number of piperidine rings is 2. The Labute approximate surface area is 252 Å². The molecule has 2 N–H and O–H groups in total. The number of hydrogen-bond acceptors (Lipinski definition) is 8. The van der Waals surface area contributed by atoms with Crippen molar-refractivity contribution in [3.8, 4) is 0 Å². The van der Waals surface area contributed by atoms with E-state index in [1.807, 2.05) is 0 Å². The molecule has 0 amide bonds. The van der Waals surface area contributed by atoms with Gasteiger partial charge in [0.2, 0.25) is 0 Å². The molecular weight excluding hydrogens is 540 g/mol. The van der Waals surface area contributed by atoms with E-state index in [2.05, 4.69) is 79.3 Å². The van der Waals surface area contributed by atoms with Crippen molar-refractivity contribution >= 4 is 11.9 Å². The van der Waals surface area contributed by atoms with Crippen LogP contribution >= 0.6 is 0 Å². The molecular formula is C32H56N2O8. The third-order valence-electron chi connectivity index (χ3n) is 11.0. The number of carboxylic acids is 2. The van der Waals surface area contributed by atoms with Gasteiger partial charge in [0.1, 0.15) is 0 Å². The van der Waals surface area contributed by atoms with Crippen LogP contribution in [0.2, 0.25) is 0 Å². The number of likely N-dealkylation sites (tertiary alicyclic amines) is 2. The highest BCUT2D eigenvalue weighted by atomic mass is 16.8. The van der Waals surface area contributed by atoms with Crippen molar-refractivity contribution in [1.82, 2.24) is 9.80 Å². The molecule has 2 unspecified atom stereocenters. The predicted molar refractivity (Wildman–Crippen MR) is 158 cm³/mol. The first-order valence-electron chi connectivity index (χ1n) is 15.6. The number of rotatable bonds is 9. The largest absolute Gasteiger partial charge is 0.481 e. The van der Waals surface area contributed by atoms with E-state index < -0.39 is 41.1 Å². The lowest BCUT2D eigenvalue weighted by molar-refractivity contribution is -0.246. The van der Waals surface area contributed by atoms with Gasteiger partial charge in [-0.3, -0.25) is 19.4 Å². The highest BCUT2D eigenvalue weighted by molar-refractivity contribution is 5.75. The van der Waals surface area contributed by atoms with Crippen LogP contribution in [-0.2, 0) is 28.5 Å². The first kappa shape index (κ1) is 33.6. The average Bonchev–Trinajstić information content (AvgIpc) is 3.37. The van der Waals surface area contributed by atoms with Gasteiger partial charge in [-0.2, -0.15) is 0 Å². The number of hydrogen-bond donors (Lipinski definition) is 2. The summed E-state index contributed by atoms with van der Waals surface area (Å²) in [6, 6.07) is 0. The molecule has 2 atom stereocenters. The molecule has 4 aliphatic rings. The Bertz CT molecular complexity index is 940. The molecule has 10 heteroatoms. The van der Waals surface area contributed by atoms with Crippen LogP contribution in [0, 0.1) is 5.41 Å². The Morgan fingerprint density at radius 3 is 1.38 bits per heavy atom. The van der Waals surface area contributed by atoms with Crippen molar-refractivity contribution in [2.45, 2.75) is 159 Å². The number of nitrogens with zero attached hydrogens (tertiary/aromatic N) is 2. The van der Waals surface area contributed by atoms with Crippen LogP contribution < -0.4 is 0 Å². The standard InChI is InChI=1S/C32H56N2O8/c1-26(2)18-31(19-27(3,4)33(26)9)39-16-22(41-31)14-30(25(37)38,13-11-12-24(35)36)15-23-17-40-32(42-23)20-28(5,6)34(10)29(7,8)21-32/h22-23H,11-21H2,1-10H3,(H,35,36)(H,37,38). The van der Waals surface area contributed by atoms with Crippen LogP contribution in [0.25, 0.3) is 0 Å². The monoisotopic (exact) mass is 596 g/mol. The highest BCUT2D eigenvalue weighted by Crippen LogP contribution is 2.52. The summed E-state index contributed by atoms with van der Waals surface area (Å²) in [6.07, 6.45) is 2.72. The third-order valence-corrected chi connectivity index (χ3v) is 11.0. The molecule has 10 nitrogen and oxygen atoms in total. The molecule has 4 fully saturated rings. The van der Waals surface area contributed by atoms with Crippen LogP contribution in [-0.4, -0.2) is 105 Å². The molecule has 0 aromatic rings. The SMILES string of the molecule is CN1C(C)(C)CC2(CC1(C)C)OCC(CC(CCCC(=O)O)(CC1COC3(CC(C)(C)N(C)C(C)(C)C3)O1)C(=O)O)O2. The number of aliphatic carboxylic acids is 2. The summed E-state index contributed by atoms with van der Waals surface area (Å²) < 4.78 is 26.2. The van der Waals surface area contributed by atoms with Gasteiger partial charge in [-0.05, 0) is 95.2 Å². The molecule has 0 saturated carbocycles. The molecule has 0 bridgehead atoms. The lowest BCUT2D eigenvalue weighted by Gasteiger charge is -2.56. The van der Waals surface area contributed by atoms with E-state index in [0.29, 0.717) is 38.9 Å². The van der Waals surface area contributed by atoms with E-state index in [1.54, 1.807) is 0 Å². The Hall–Kier alpha value is -1.30. The van der Waals surface area contributed by atoms with Gasteiger partial charge in [0.15, 0.2) is 11.6 Å². The van der Waals surface area contributed by atoms with Gasteiger partial charge in [0.05, 0.1) is 30.8 Å². The average molecular weight is 597 g/mol. The van der Waals surface area contributed by atoms with E-state index in [9.17, 15) is 19.8 Å². The van der Waals surface area contributed by atoms with E-state index in [0.717, 1.165) is 0 Å². The molecule has 242 valence electrons. The maximum Gasteiger partial charge on any atom is 0.309 e. The molecule has 0 aliphatic carbocycles. The van der Waals surface area contributed by atoms with Gasteiger partial charge >= 0.3 is 11.9 Å². The Kier molecular flexibility index (Phi) is 8.75. The van der Waals surface area contributed by atoms with Crippen LogP contribution in [0.4, 0.5) is 0 Å². The molecule has 4 heterocycles. The highest BCUT2D eigenvalue weighted by Gasteiger charge is 2.59. The van der Waals surface area contributed by atoms with Crippen LogP contribution in [0.3, 0.4) is 0 Å². The zero-order valence-corrected chi connectivity index (χ0v) is 27.7. The summed E-state index contributed by atoms with van der Waals surface area (Å²) in [5.74, 6) is -3.44. The molecule has 4 saturated heterocycles. The third kappa shape index (κ3) is 6.54. The first-order valence-corrected chi connectivity index (χ1v) is 15.6. The topological polar surface area (TPSA) is 118 Å². The summed E-state index contributed by atoms with van der Waals surface area (Å²) >= 11 is 0. The van der Waals surface area contributed by atoms with Crippen LogP contribution in [0.5, 0.6) is 0 Å². The van der Waals surface area contributed by atoms with Crippen LogP contribution in [0.1, 0.15) is 113 Å². The second-order valence-corrected chi connectivity index (χ2v) is 16.2. The lowest BCUT2D eigenvalue weighted by atomic mass is 9.73. The van der Waals surface area contributed by atoms with E-state index in [1.165, 1.54) is 0 Å². The molecule has 42 heavy (non-hydrogen) atoms. The molecule has 4 aliphatic heterocycles. The second kappa shape index (κ2) is 10.9. The van der Waals surface area contributed by atoms with Crippen LogP contribution in [0.15, 0.2) is 0 Å².